The van der Waals surface area contributed by atoms with Gasteiger partial charge in [-0.3, -0.25) is 14.8 Å². The van der Waals surface area contributed by atoms with Crippen LogP contribution in [0, 0.1) is 0 Å². The first-order valence-corrected chi connectivity index (χ1v) is 5.49. The van der Waals surface area contributed by atoms with Crippen LogP contribution in [0.5, 0.6) is 0 Å². The van der Waals surface area contributed by atoms with Crippen LogP contribution in [0.4, 0.5) is 0 Å². The van der Waals surface area contributed by atoms with E-state index in [0.29, 0.717) is 6.54 Å². The summed E-state index contributed by atoms with van der Waals surface area (Å²) in [5.74, 6) is -0.227. The van der Waals surface area contributed by atoms with Gasteiger partial charge in [-0.2, -0.15) is 0 Å². The van der Waals surface area contributed by atoms with Crippen molar-refractivity contribution in [3.8, 4) is 0 Å². The van der Waals surface area contributed by atoms with Crippen molar-refractivity contribution in [1.29, 1.82) is 0 Å². The second kappa shape index (κ2) is 5.03. The highest BCUT2D eigenvalue weighted by atomic mass is 16.3. The van der Waals surface area contributed by atoms with Crippen LogP contribution < -0.4 is 0 Å². The average molecular weight is 221 g/mol. The van der Waals surface area contributed by atoms with E-state index < -0.39 is 6.61 Å². The number of rotatable bonds is 2. The molecule has 0 aromatic carbocycles. The van der Waals surface area contributed by atoms with Gasteiger partial charge in [-0.25, -0.2) is 0 Å². The number of piperidine rings is 1. The highest BCUT2D eigenvalue weighted by molar-refractivity contribution is 5.77. The maximum atomic E-state index is 11.6. The monoisotopic (exact) mass is 221 g/mol. The molecule has 2 heterocycles. The fraction of sp³-hybridized carbons (Fsp3) is 0.545. The van der Waals surface area contributed by atoms with E-state index in [-0.39, 0.29) is 11.9 Å². The van der Waals surface area contributed by atoms with Crippen LogP contribution in [0.3, 0.4) is 0 Å². The van der Waals surface area contributed by atoms with Crippen LogP contribution in [0.2, 0.25) is 0 Å². The molecular formula is C11H15N3O2. The van der Waals surface area contributed by atoms with Gasteiger partial charge in [0.05, 0.1) is 17.9 Å². The Balaban J connectivity index is 2.20. The fourth-order valence-electron chi connectivity index (χ4n) is 2.11. The van der Waals surface area contributed by atoms with Gasteiger partial charge in [-0.05, 0) is 19.3 Å². The molecule has 0 radical (unpaired) electrons. The summed E-state index contributed by atoms with van der Waals surface area (Å²) in [5.41, 5.74) is 0.809. The number of aliphatic hydroxyl groups excluding tert-OH is 1. The van der Waals surface area contributed by atoms with Crippen molar-refractivity contribution in [2.45, 2.75) is 25.3 Å². The lowest BCUT2D eigenvalue weighted by molar-refractivity contribution is -0.138. The van der Waals surface area contributed by atoms with Crippen LogP contribution in [-0.2, 0) is 4.79 Å². The van der Waals surface area contributed by atoms with Crippen molar-refractivity contribution in [3.05, 3.63) is 24.3 Å². The van der Waals surface area contributed by atoms with Crippen LogP contribution >= 0.6 is 0 Å². The normalized spacial score (nSPS) is 20.8. The summed E-state index contributed by atoms with van der Waals surface area (Å²) < 4.78 is 0. The minimum absolute atomic E-state index is 0.0258. The molecule has 0 bridgehead atoms. The van der Waals surface area contributed by atoms with Gasteiger partial charge in [-0.15, -0.1) is 0 Å². The maximum absolute atomic E-state index is 11.6. The van der Waals surface area contributed by atoms with Crippen LogP contribution in [0.25, 0.3) is 0 Å². The van der Waals surface area contributed by atoms with Crippen molar-refractivity contribution >= 4 is 5.91 Å². The Labute approximate surface area is 94.1 Å². The number of likely N-dealkylation sites (tertiary alicyclic amines) is 1. The number of hydrogen-bond donors (Lipinski definition) is 1. The first-order valence-electron chi connectivity index (χ1n) is 5.49. The van der Waals surface area contributed by atoms with Crippen LogP contribution in [0.15, 0.2) is 18.6 Å². The predicted molar refractivity (Wildman–Crippen MR) is 57.4 cm³/mol. The highest BCUT2D eigenvalue weighted by Crippen LogP contribution is 2.28. The summed E-state index contributed by atoms with van der Waals surface area (Å²) in [4.78, 5) is 21.5. The minimum Gasteiger partial charge on any atom is -0.387 e. The Hall–Kier alpha value is -1.49. The highest BCUT2D eigenvalue weighted by Gasteiger charge is 2.28. The Bertz CT molecular complexity index is 356. The summed E-state index contributed by atoms with van der Waals surface area (Å²) in [6, 6.07) is -0.0258. The van der Waals surface area contributed by atoms with Gasteiger partial charge in [-0.1, -0.05) is 0 Å². The molecule has 1 aromatic rings. The zero-order chi connectivity index (χ0) is 11.4. The summed E-state index contributed by atoms with van der Waals surface area (Å²) in [6.07, 6.45) is 7.90. The molecule has 0 saturated carbocycles. The van der Waals surface area contributed by atoms with Gasteiger partial charge in [0, 0.05) is 18.9 Å². The molecule has 0 spiro atoms. The number of carbonyl (C=O) groups excluding carboxylic acids is 1. The van der Waals surface area contributed by atoms with E-state index in [4.69, 9.17) is 5.11 Å². The lowest BCUT2D eigenvalue weighted by Gasteiger charge is -2.34. The third-order valence-corrected chi connectivity index (χ3v) is 2.88. The zero-order valence-electron chi connectivity index (χ0n) is 9.04. The molecule has 1 amide bonds. The van der Waals surface area contributed by atoms with Gasteiger partial charge in [0.15, 0.2) is 0 Å². The van der Waals surface area contributed by atoms with Crippen LogP contribution in [-0.4, -0.2) is 39.0 Å². The molecule has 2 rings (SSSR count). The summed E-state index contributed by atoms with van der Waals surface area (Å²) in [7, 11) is 0. The number of nitrogens with zero attached hydrogens (tertiary/aromatic N) is 3. The molecule has 1 N–H and O–H groups in total. The van der Waals surface area contributed by atoms with Crippen molar-refractivity contribution in [1.82, 2.24) is 14.9 Å². The molecule has 5 nitrogen and oxygen atoms in total. The van der Waals surface area contributed by atoms with Gasteiger partial charge in [0.25, 0.3) is 0 Å². The van der Waals surface area contributed by atoms with E-state index in [2.05, 4.69) is 9.97 Å². The first-order chi connectivity index (χ1) is 7.83. The minimum atomic E-state index is -0.434. The van der Waals surface area contributed by atoms with Gasteiger partial charge < -0.3 is 10.0 Å². The van der Waals surface area contributed by atoms with E-state index in [9.17, 15) is 4.79 Å². The molecule has 5 heteroatoms. The molecule has 0 aliphatic carbocycles. The second-order valence-corrected chi connectivity index (χ2v) is 3.89. The summed E-state index contributed by atoms with van der Waals surface area (Å²) >= 11 is 0. The van der Waals surface area contributed by atoms with E-state index in [0.717, 1.165) is 25.0 Å². The molecule has 1 fully saturated rings. The third kappa shape index (κ3) is 2.19. The predicted octanol–water partition coefficient (Wildman–Crippen LogP) is 0.522. The molecule has 1 aliphatic heterocycles. The van der Waals surface area contributed by atoms with E-state index >= 15 is 0 Å². The second-order valence-electron chi connectivity index (χ2n) is 3.89. The van der Waals surface area contributed by atoms with Crippen molar-refractivity contribution < 1.29 is 9.90 Å². The van der Waals surface area contributed by atoms with Crippen molar-refractivity contribution in [2.24, 2.45) is 0 Å². The SMILES string of the molecule is O=C(CO)N1CCCC[C@H]1c1cnccn1. The Kier molecular flexibility index (Phi) is 3.46. The molecule has 1 aromatic heterocycles. The van der Waals surface area contributed by atoms with E-state index in [1.807, 2.05) is 0 Å². The molecule has 86 valence electrons. The smallest absolute Gasteiger partial charge is 0.248 e. The number of hydrogen-bond acceptors (Lipinski definition) is 4. The lowest BCUT2D eigenvalue weighted by Crippen LogP contribution is -2.40. The Morgan fingerprint density at radius 2 is 2.38 bits per heavy atom. The van der Waals surface area contributed by atoms with Crippen molar-refractivity contribution in [3.63, 3.8) is 0 Å². The summed E-state index contributed by atoms with van der Waals surface area (Å²) in [5, 5.41) is 8.92. The van der Waals surface area contributed by atoms with Crippen LogP contribution in [0.1, 0.15) is 31.0 Å². The lowest BCUT2D eigenvalue weighted by atomic mass is 9.99. The molecule has 1 aliphatic rings. The number of amides is 1. The third-order valence-electron chi connectivity index (χ3n) is 2.88. The van der Waals surface area contributed by atoms with Gasteiger partial charge in [0.2, 0.25) is 5.91 Å². The van der Waals surface area contributed by atoms with Crippen molar-refractivity contribution in [2.75, 3.05) is 13.2 Å². The summed E-state index contributed by atoms with van der Waals surface area (Å²) in [6.45, 7) is 0.261. The quantitative estimate of drug-likeness (QED) is 0.790. The van der Waals surface area contributed by atoms with Gasteiger partial charge >= 0.3 is 0 Å². The largest absolute Gasteiger partial charge is 0.387 e. The number of carbonyl (C=O) groups is 1. The average Bonchev–Trinajstić information content (AvgIpc) is 2.39. The standard InChI is InChI=1S/C11H15N3O2/c15-8-11(16)14-6-2-1-3-10(14)9-7-12-4-5-13-9/h4-5,7,10,15H,1-3,6,8H2/t10-/m0/s1. The molecular weight excluding hydrogens is 206 g/mol. The Morgan fingerprint density at radius 1 is 1.50 bits per heavy atom. The molecule has 16 heavy (non-hydrogen) atoms. The Morgan fingerprint density at radius 3 is 3.06 bits per heavy atom. The molecule has 1 atom stereocenters. The first kappa shape index (κ1) is 11.0. The zero-order valence-corrected chi connectivity index (χ0v) is 9.04. The number of aromatic nitrogens is 2. The number of aliphatic hydroxyl groups is 1. The van der Waals surface area contributed by atoms with E-state index in [1.165, 1.54) is 0 Å². The maximum Gasteiger partial charge on any atom is 0.248 e. The fourth-order valence-corrected chi connectivity index (χ4v) is 2.11. The molecule has 0 unspecified atom stereocenters. The topological polar surface area (TPSA) is 66.3 Å². The van der Waals surface area contributed by atoms with Gasteiger partial charge in [0.1, 0.15) is 6.61 Å². The van der Waals surface area contributed by atoms with E-state index in [1.54, 1.807) is 23.5 Å². The molecule has 1 saturated heterocycles.